The molecule has 1 N–H and O–H groups in total. The van der Waals surface area contributed by atoms with E-state index in [1.54, 1.807) is 13.2 Å². The van der Waals surface area contributed by atoms with Crippen molar-refractivity contribution < 1.29 is 4.74 Å². The Labute approximate surface area is 112 Å². The number of aryl methyl sites for hydroxylation is 1. The van der Waals surface area contributed by atoms with Gasteiger partial charge in [-0.3, -0.25) is 0 Å². The normalized spacial score (nSPS) is 9.95. The summed E-state index contributed by atoms with van der Waals surface area (Å²) in [6.07, 6.45) is 0. The minimum atomic E-state index is 0.511. The Balaban J connectivity index is 2.36. The van der Waals surface area contributed by atoms with E-state index in [-0.39, 0.29) is 0 Å². The van der Waals surface area contributed by atoms with E-state index < -0.39 is 0 Å². The van der Waals surface area contributed by atoms with Gasteiger partial charge in [0.15, 0.2) is 0 Å². The first kappa shape index (κ1) is 13.1. The first-order valence-corrected chi connectivity index (χ1v) is 5.96. The van der Waals surface area contributed by atoms with Crippen LogP contribution in [0.1, 0.15) is 16.8 Å². The molecular weight excluding hydrogens is 238 g/mol. The topological polar surface area (TPSA) is 57.9 Å². The monoisotopic (exact) mass is 253 g/mol. The molecule has 0 fully saturated rings. The fourth-order valence-corrected chi connectivity index (χ4v) is 1.79. The van der Waals surface area contributed by atoms with Crippen molar-refractivity contribution in [2.45, 2.75) is 13.5 Å². The Morgan fingerprint density at radius 1 is 1.26 bits per heavy atom. The fourth-order valence-electron chi connectivity index (χ4n) is 1.79. The lowest BCUT2D eigenvalue weighted by Gasteiger charge is -2.12. The Hall–Kier alpha value is -2.38. The standard InChI is InChI=1S/C15H15N3O/c1-11-7-8-12(9-16)15(17-11)18-14-6-4-3-5-13(14)10-19-2/h3-8H,10H2,1-2H3,(H,17,18). The van der Waals surface area contributed by atoms with Gasteiger partial charge < -0.3 is 10.1 Å². The Morgan fingerprint density at radius 2 is 2.05 bits per heavy atom. The maximum Gasteiger partial charge on any atom is 0.148 e. The number of benzene rings is 1. The van der Waals surface area contributed by atoms with Crippen molar-refractivity contribution in [1.29, 1.82) is 5.26 Å². The van der Waals surface area contributed by atoms with Crippen LogP contribution in [0.5, 0.6) is 0 Å². The highest BCUT2D eigenvalue weighted by molar-refractivity contribution is 5.65. The van der Waals surface area contributed by atoms with Gasteiger partial charge in [-0.2, -0.15) is 5.26 Å². The molecule has 1 aromatic carbocycles. The van der Waals surface area contributed by atoms with Gasteiger partial charge in [-0.05, 0) is 25.1 Å². The van der Waals surface area contributed by atoms with Gasteiger partial charge >= 0.3 is 0 Å². The van der Waals surface area contributed by atoms with Gasteiger partial charge in [-0.1, -0.05) is 18.2 Å². The van der Waals surface area contributed by atoms with E-state index in [2.05, 4.69) is 16.4 Å². The molecular formula is C15H15N3O. The van der Waals surface area contributed by atoms with Crippen LogP contribution in [-0.2, 0) is 11.3 Å². The number of pyridine rings is 1. The molecule has 0 spiro atoms. The van der Waals surface area contributed by atoms with Gasteiger partial charge in [-0.25, -0.2) is 4.98 Å². The summed E-state index contributed by atoms with van der Waals surface area (Å²) < 4.78 is 5.16. The van der Waals surface area contributed by atoms with Crippen molar-refractivity contribution >= 4 is 11.5 Å². The summed E-state index contributed by atoms with van der Waals surface area (Å²) in [6, 6.07) is 13.5. The number of nitriles is 1. The molecule has 0 atom stereocenters. The van der Waals surface area contributed by atoms with Crippen LogP contribution >= 0.6 is 0 Å². The molecule has 1 heterocycles. The maximum atomic E-state index is 9.11. The van der Waals surface area contributed by atoms with Crippen molar-refractivity contribution in [3.05, 3.63) is 53.2 Å². The van der Waals surface area contributed by atoms with Gasteiger partial charge in [-0.15, -0.1) is 0 Å². The maximum absolute atomic E-state index is 9.11. The number of nitrogens with zero attached hydrogens (tertiary/aromatic N) is 2. The summed E-state index contributed by atoms with van der Waals surface area (Å²) in [4.78, 5) is 4.37. The molecule has 2 aromatic rings. The summed E-state index contributed by atoms with van der Waals surface area (Å²) in [5, 5.41) is 12.3. The molecule has 4 nitrogen and oxygen atoms in total. The number of ether oxygens (including phenoxy) is 1. The summed E-state index contributed by atoms with van der Waals surface area (Å²) in [5.41, 5.74) is 3.32. The van der Waals surface area contributed by atoms with Gasteiger partial charge in [0.1, 0.15) is 11.9 Å². The van der Waals surface area contributed by atoms with Crippen LogP contribution in [-0.4, -0.2) is 12.1 Å². The quantitative estimate of drug-likeness (QED) is 0.909. The third kappa shape index (κ3) is 3.09. The minimum absolute atomic E-state index is 0.511. The number of methoxy groups -OCH3 is 1. The van der Waals surface area contributed by atoms with Crippen LogP contribution in [0.3, 0.4) is 0 Å². The number of hydrogen-bond donors (Lipinski definition) is 1. The predicted molar refractivity (Wildman–Crippen MR) is 74.1 cm³/mol. The third-order valence-corrected chi connectivity index (χ3v) is 2.73. The largest absolute Gasteiger partial charge is 0.380 e. The lowest BCUT2D eigenvalue weighted by Crippen LogP contribution is -2.01. The smallest absolute Gasteiger partial charge is 0.148 e. The van der Waals surface area contributed by atoms with Crippen LogP contribution in [0.2, 0.25) is 0 Å². The van der Waals surface area contributed by atoms with Crippen molar-refractivity contribution in [3.63, 3.8) is 0 Å². The second-order valence-electron chi connectivity index (χ2n) is 4.18. The summed E-state index contributed by atoms with van der Waals surface area (Å²) in [6.45, 7) is 2.41. The first-order valence-electron chi connectivity index (χ1n) is 5.96. The molecule has 0 unspecified atom stereocenters. The van der Waals surface area contributed by atoms with Crippen LogP contribution in [0.25, 0.3) is 0 Å². The van der Waals surface area contributed by atoms with Gasteiger partial charge in [0.2, 0.25) is 0 Å². The van der Waals surface area contributed by atoms with Crippen molar-refractivity contribution in [2.75, 3.05) is 12.4 Å². The molecule has 0 saturated heterocycles. The average Bonchev–Trinajstić information content (AvgIpc) is 2.42. The third-order valence-electron chi connectivity index (χ3n) is 2.73. The zero-order chi connectivity index (χ0) is 13.7. The molecule has 0 aliphatic rings. The van der Waals surface area contributed by atoms with Gasteiger partial charge in [0.05, 0.1) is 12.2 Å². The van der Waals surface area contributed by atoms with E-state index in [9.17, 15) is 0 Å². The zero-order valence-electron chi connectivity index (χ0n) is 11.0. The number of nitrogens with one attached hydrogen (secondary N) is 1. The van der Waals surface area contributed by atoms with Crippen LogP contribution in [0.15, 0.2) is 36.4 Å². The second kappa shape index (κ2) is 5.98. The van der Waals surface area contributed by atoms with E-state index in [1.165, 1.54) is 0 Å². The molecule has 0 aliphatic carbocycles. The molecule has 0 saturated carbocycles. The number of anilines is 2. The van der Waals surface area contributed by atoms with Crippen LogP contribution in [0.4, 0.5) is 11.5 Å². The van der Waals surface area contributed by atoms with Gasteiger partial charge in [0, 0.05) is 24.1 Å². The number of rotatable bonds is 4. The van der Waals surface area contributed by atoms with E-state index >= 15 is 0 Å². The van der Waals surface area contributed by atoms with E-state index in [4.69, 9.17) is 10.00 Å². The SMILES string of the molecule is COCc1ccccc1Nc1nc(C)ccc1C#N. The Morgan fingerprint density at radius 3 is 2.79 bits per heavy atom. The molecule has 0 amide bonds. The molecule has 2 rings (SSSR count). The lowest BCUT2D eigenvalue weighted by molar-refractivity contribution is 0.185. The Kier molecular flexibility index (Phi) is 4.11. The van der Waals surface area contributed by atoms with Gasteiger partial charge in [0.25, 0.3) is 0 Å². The number of hydrogen-bond acceptors (Lipinski definition) is 4. The lowest BCUT2D eigenvalue weighted by atomic mass is 10.1. The first-order chi connectivity index (χ1) is 9.24. The van der Waals surface area contributed by atoms with Crippen LogP contribution < -0.4 is 5.32 Å². The minimum Gasteiger partial charge on any atom is -0.380 e. The molecule has 0 radical (unpaired) electrons. The predicted octanol–water partition coefficient (Wildman–Crippen LogP) is 3.15. The molecule has 0 aliphatic heterocycles. The fraction of sp³-hybridized carbons (Fsp3) is 0.200. The second-order valence-corrected chi connectivity index (χ2v) is 4.18. The summed E-state index contributed by atoms with van der Waals surface area (Å²) in [5.74, 6) is 0.575. The highest BCUT2D eigenvalue weighted by atomic mass is 16.5. The van der Waals surface area contributed by atoms with E-state index in [0.717, 1.165) is 16.9 Å². The molecule has 96 valence electrons. The number of aromatic nitrogens is 1. The van der Waals surface area contributed by atoms with Crippen LogP contribution in [0, 0.1) is 18.3 Å². The van der Waals surface area contributed by atoms with Crippen molar-refractivity contribution in [2.24, 2.45) is 0 Å². The highest BCUT2D eigenvalue weighted by Crippen LogP contribution is 2.22. The highest BCUT2D eigenvalue weighted by Gasteiger charge is 2.07. The van der Waals surface area contributed by atoms with Crippen molar-refractivity contribution in [3.8, 4) is 6.07 Å². The molecule has 19 heavy (non-hydrogen) atoms. The average molecular weight is 253 g/mol. The summed E-state index contributed by atoms with van der Waals surface area (Å²) >= 11 is 0. The zero-order valence-corrected chi connectivity index (χ0v) is 11.0. The summed E-state index contributed by atoms with van der Waals surface area (Å²) in [7, 11) is 1.66. The Bertz CT molecular complexity index is 617. The molecule has 1 aromatic heterocycles. The molecule has 4 heteroatoms. The van der Waals surface area contributed by atoms with E-state index in [1.807, 2.05) is 37.3 Å². The number of para-hydroxylation sites is 1. The van der Waals surface area contributed by atoms with Crippen molar-refractivity contribution in [1.82, 2.24) is 4.98 Å². The van der Waals surface area contributed by atoms with E-state index in [0.29, 0.717) is 18.0 Å². The molecule has 0 bridgehead atoms.